The van der Waals surface area contributed by atoms with Crippen LogP contribution in [0.3, 0.4) is 0 Å². The fourth-order valence-corrected chi connectivity index (χ4v) is 5.00. The number of oxazole rings is 1. The highest BCUT2D eigenvalue weighted by atomic mass is 16.3. The van der Waals surface area contributed by atoms with Gasteiger partial charge in [-0.3, -0.25) is 0 Å². The Bertz CT molecular complexity index is 1880. The molecule has 0 aliphatic rings. The number of hydrogen-bond donors (Lipinski definition) is 1. The van der Waals surface area contributed by atoms with Crippen molar-refractivity contribution >= 4 is 33.2 Å². The summed E-state index contributed by atoms with van der Waals surface area (Å²) >= 11 is 0. The summed E-state index contributed by atoms with van der Waals surface area (Å²) in [6.45, 7) is 0. The van der Waals surface area contributed by atoms with Gasteiger partial charge >= 0.3 is 0 Å². The summed E-state index contributed by atoms with van der Waals surface area (Å²) in [6.07, 6.45) is 0. The van der Waals surface area contributed by atoms with Crippen molar-refractivity contribution in [2.24, 2.45) is 0 Å². The Labute approximate surface area is 221 Å². The quantitative estimate of drug-likeness (QED) is 0.262. The molecule has 1 N–H and O–H groups in total. The monoisotopic (exact) mass is 488 g/mol. The van der Waals surface area contributed by atoms with Crippen LogP contribution >= 0.6 is 0 Å². The van der Waals surface area contributed by atoms with Crippen molar-refractivity contribution in [2.45, 2.75) is 0 Å². The van der Waals surface area contributed by atoms with Crippen LogP contribution in [-0.4, -0.2) is 4.98 Å². The van der Waals surface area contributed by atoms with Crippen molar-refractivity contribution in [1.29, 1.82) is 0 Å². The third-order valence-electron chi connectivity index (χ3n) is 6.92. The maximum atomic E-state index is 6.20. The number of anilines is 2. The second kappa shape index (κ2) is 9.38. The first-order valence-electron chi connectivity index (χ1n) is 12.7. The molecule has 0 spiro atoms. The molecule has 0 saturated carbocycles. The average molecular weight is 489 g/mol. The topological polar surface area (TPSA) is 38.1 Å². The van der Waals surface area contributed by atoms with E-state index in [-0.39, 0.29) is 0 Å². The van der Waals surface area contributed by atoms with Crippen molar-refractivity contribution in [3.63, 3.8) is 0 Å². The zero-order valence-corrected chi connectivity index (χ0v) is 20.6. The van der Waals surface area contributed by atoms with E-state index in [1.165, 1.54) is 16.5 Å². The molecule has 7 aromatic rings. The van der Waals surface area contributed by atoms with Gasteiger partial charge in [0.05, 0.1) is 0 Å². The van der Waals surface area contributed by atoms with Gasteiger partial charge < -0.3 is 9.73 Å². The second-order valence-corrected chi connectivity index (χ2v) is 9.34. The van der Waals surface area contributed by atoms with E-state index in [4.69, 9.17) is 9.40 Å². The molecule has 6 aromatic carbocycles. The van der Waals surface area contributed by atoms with Crippen LogP contribution in [0.1, 0.15) is 0 Å². The van der Waals surface area contributed by atoms with Crippen LogP contribution in [0.4, 0.5) is 11.4 Å². The fraction of sp³-hybridized carbons (Fsp3) is 0. The number of nitrogens with zero attached hydrogens (tertiary/aromatic N) is 1. The Balaban J connectivity index is 1.22. The molecule has 0 saturated heterocycles. The van der Waals surface area contributed by atoms with Gasteiger partial charge in [-0.2, -0.15) is 0 Å². The van der Waals surface area contributed by atoms with Crippen molar-refractivity contribution in [2.75, 3.05) is 5.32 Å². The van der Waals surface area contributed by atoms with Crippen LogP contribution in [0.15, 0.2) is 144 Å². The van der Waals surface area contributed by atoms with Gasteiger partial charge in [0.2, 0.25) is 5.89 Å². The third-order valence-corrected chi connectivity index (χ3v) is 6.92. The molecular weight excluding hydrogens is 464 g/mol. The van der Waals surface area contributed by atoms with E-state index < -0.39 is 0 Å². The normalized spacial score (nSPS) is 11.2. The van der Waals surface area contributed by atoms with Crippen molar-refractivity contribution in [3.8, 4) is 33.7 Å². The zero-order chi connectivity index (χ0) is 25.3. The summed E-state index contributed by atoms with van der Waals surface area (Å²) in [5, 5.41) is 5.91. The van der Waals surface area contributed by atoms with E-state index in [0.29, 0.717) is 5.89 Å². The van der Waals surface area contributed by atoms with Gasteiger partial charge in [0.1, 0.15) is 5.52 Å². The molecule has 1 aromatic heterocycles. The number of rotatable bonds is 5. The van der Waals surface area contributed by atoms with E-state index in [1.54, 1.807) is 0 Å². The Morgan fingerprint density at radius 1 is 0.526 bits per heavy atom. The third kappa shape index (κ3) is 4.10. The van der Waals surface area contributed by atoms with Crippen LogP contribution in [-0.2, 0) is 0 Å². The minimum atomic E-state index is 0.638. The molecule has 180 valence electrons. The van der Waals surface area contributed by atoms with Crippen LogP contribution in [0.5, 0.6) is 0 Å². The molecule has 38 heavy (non-hydrogen) atoms. The highest BCUT2D eigenvalue weighted by Gasteiger charge is 2.13. The van der Waals surface area contributed by atoms with Crippen molar-refractivity contribution in [3.05, 3.63) is 140 Å². The van der Waals surface area contributed by atoms with Crippen LogP contribution in [0.2, 0.25) is 0 Å². The molecule has 0 atom stereocenters. The molecule has 1 heterocycles. The molecule has 3 nitrogen and oxygen atoms in total. The number of para-hydroxylation sites is 1. The van der Waals surface area contributed by atoms with Crippen LogP contribution < -0.4 is 5.32 Å². The largest absolute Gasteiger partial charge is 0.436 e. The smallest absolute Gasteiger partial charge is 0.227 e. The molecule has 0 aliphatic carbocycles. The summed E-state index contributed by atoms with van der Waals surface area (Å²) < 4.78 is 6.20. The summed E-state index contributed by atoms with van der Waals surface area (Å²) in [4.78, 5) is 4.88. The molecule has 0 unspecified atom stereocenters. The Morgan fingerprint density at radius 3 is 2.11 bits per heavy atom. The molecule has 0 aliphatic heterocycles. The Morgan fingerprint density at radius 2 is 1.21 bits per heavy atom. The lowest BCUT2D eigenvalue weighted by atomic mass is 10.0. The minimum Gasteiger partial charge on any atom is -0.436 e. The van der Waals surface area contributed by atoms with Gasteiger partial charge in [-0.15, -0.1) is 0 Å². The molecule has 0 radical (unpaired) electrons. The van der Waals surface area contributed by atoms with E-state index in [9.17, 15) is 0 Å². The van der Waals surface area contributed by atoms with E-state index in [1.807, 2.05) is 30.3 Å². The standard InChI is InChI=1S/C35H24N2O/c1-2-9-24(10-3-1)25-17-20-28(21-18-25)36-32-16-7-6-14-30(32)27-19-22-34-33(23-27)37-35(38-34)31-15-8-12-26-11-4-5-13-29(26)31/h1-23,36H. The van der Waals surface area contributed by atoms with Gasteiger partial charge in [0, 0.05) is 22.5 Å². The number of nitrogens with one attached hydrogen (secondary N) is 1. The van der Waals surface area contributed by atoms with Gasteiger partial charge in [-0.05, 0) is 63.9 Å². The lowest BCUT2D eigenvalue weighted by Crippen LogP contribution is -1.93. The lowest BCUT2D eigenvalue weighted by Gasteiger charge is -2.13. The maximum absolute atomic E-state index is 6.20. The van der Waals surface area contributed by atoms with E-state index in [2.05, 4.69) is 115 Å². The van der Waals surface area contributed by atoms with Crippen molar-refractivity contribution in [1.82, 2.24) is 4.98 Å². The minimum absolute atomic E-state index is 0.638. The molecule has 7 rings (SSSR count). The molecule has 3 heteroatoms. The first-order chi connectivity index (χ1) is 18.8. The summed E-state index contributed by atoms with van der Waals surface area (Å²) in [6, 6.07) is 48.1. The number of benzene rings is 6. The highest BCUT2D eigenvalue weighted by molar-refractivity contribution is 5.96. The first kappa shape index (κ1) is 22.1. The average Bonchev–Trinajstić information content (AvgIpc) is 3.41. The Hall–Kier alpha value is -5.15. The van der Waals surface area contributed by atoms with Gasteiger partial charge in [0.15, 0.2) is 5.58 Å². The highest BCUT2D eigenvalue weighted by Crippen LogP contribution is 2.35. The van der Waals surface area contributed by atoms with Gasteiger partial charge in [0.25, 0.3) is 0 Å². The van der Waals surface area contributed by atoms with Gasteiger partial charge in [-0.25, -0.2) is 4.98 Å². The summed E-state index contributed by atoms with van der Waals surface area (Å²) in [5.41, 5.74) is 9.30. The molecule has 0 bridgehead atoms. The first-order valence-corrected chi connectivity index (χ1v) is 12.7. The lowest BCUT2D eigenvalue weighted by molar-refractivity contribution is 0.620. The van der Waals surface area contributed by atoms with Crippen LogP contribution in [0.25, 0.3) is 55.6 Å². The fourth-order valence-electron chi connectivity index (χ4n) is 5.00. The summed E-state index contributed by atoms with van der Waals surface area (Å²) in [5.74, 6) is 0.638. The summed E-state index contributed by atoms with van der Waals surface area (Å²) in [7, 11) is 0. The predicted octanol–water partition coefficient (Wildman–Crippen LogP) is 9.73. The van der Waals surface area contributed by atoms with Crippen molar-refractivity contribution < 1.29 is 4.42 Å². The van der Waals surface area contributed by atoms with E-state index in [0.717, 1.165) is 44.6 Å². The Kier molecular flexibility index (Phi) is 5.45. The second-order valence-electron chi connectivity index (χ2n) is 9.34. The molecular formula is C35H24N2O. The van der Waals surface area contributed by atoms with Crippen LogP contribution in [0, 0.1) is 0 Å². The predicted molar refractivity (Wildman–Crippen MR) is 158 cm³/mol. The van der Waals surface area contributed by atoms with E-state index >= 15 is 0 Å². The maximum Gasteiger partial charge on any atom is 0.227 e. The number of fused-ring (bicyclic) bond motifs is 2. The SMILES string of the molecule is c1ccc(-c2ccc(Nc3ccccc3-c3ccc4oc(-c5cccc6ccccc56)nc4c3)cc2)cc1. The molecule has 0 amide bonds. The molecule has 0 fully saturated rings. The number of aromatic nitrogens is 1. The number of hydrogen-bond acceptors (Lipinski definition) is 3. The zero-order valence-electron chi connectivity index (χ0n) is 20.6. The van der Waals surface area contributed by atoms with Gasteiger partial charge in [-0.1, -0.05) is 103 Å².